The summed E-state index contributed by atoms with van der Waals surface area (Å²) in [6, 6.07) is 14.3. The molecule has 5 rings (SSSR count). The van der Waals surface area contributed by atoms with Gasteiger partial charge >= 0.3 is 0 Å². The fourth-order valence-corrected chi connectivity index (χ4v) is 6.15. The molecular weight excluding hydrogens is 515 g/mol. The van der Waals surface area contributed by atoms with E-state index in [0.29, 0.717) is 44.2 Å². The normalized spacial score (nSPS) is 16.9. The van der Waals surface area contributed by atoms with E-state index in [1.165, 1.54) is 30.2 Å². The molecule has 1 amide bonds. The second-order valence-corrected chi connectivity index (χ2v) is 11.0. The van der Waals surface area contributed by atoms with Crippen molar-refractivity contribution in [1.29, 1.82) is 0 Å². The summed E-state index contributed by atoms with van der Waals surface area (Å²) in [6.07, 6.45) is 3.99. The Kier molecular flexibility index (Phi) is 7.69. The number of piperidine rings is 1. The highest BCUT2D eigenvalue weighted by Crippen LogP contribution is 2.39. The van der Waals surface area contributed by atoms with Crippen molar-refractivity contribution in [1.82, 2.24) is 19.8 Å². The van der Waals surface area contributed by atoms with Gasteiger partial charge in [-0.2, -0.15) is 0 Å². The fraction of sp³-hybridized carbons (Fsp3) is 0.346. The third-order valence-electron chi connectivity index (χ3n) is 6.67. The molecule has 3 heterocycles. The lowest BCUT2D eigenvalue weighted by molar-refractivity contribution is 0.0985. The van der Waals surface area contributed by atoms with E-state index < -0.39 is 0 Å². The number of para-hydroxylation sites is 1. The summed E-state index contributed by atoms with van der Waals surface area (Å²) < 4.78 is 0. The highest BCUT2D eigenvalue weighted by atomic mass is 35.5. The minimum atomic E-state index is -0.218. The van der Waals surface area contributed by atoms with E-state index in [0.717, 1.165) is 25.3 Å². The molecule has 188 valence electrons. The molecule has 10 heteroatoms. The molecule has 0 radical (unpaired) electrons. The average molecular weight is 544 g/mol. The molecule has 0 bridgehead atoms. The van der Waals surface area contributed by atoms with Gasteiger partial charge in [0.2, 0.25) is 5.95 Å². The number of hydrogen-bond acceptors (Lipinski definition) is 7. The Labute approximate surface area is 225 Å². The van der Waals surface area contributed by atoms with Gasteiger partial charge in [0.1, 0.15) is 5.03 Å². The zero-order chi connectivity index (χ0) is 25.2. The minimum Gasteiger partial charge on any atom is -0.324 e. The molecule has 2 aliphatic heterocycles. The van der Waals surface area contributed by atoms with Crippen LogP contribution in [0.1, 0.15) is 28.8 Å². The Morgan fingerprint density at radius 3 is 2.44 bits per heavy atom. The van der Waals surface area contributed by atoms with Crippen LogP contribution in [0, 0.1) is 0 Å². The van der Waals surface area contributed by atoms with Crippen LogP contribution < -0.4 is 10.2 Å². The van der Waals surface area contributed by atoms with Crippen molar-refractivity contribution < 1.29 is 4.79 Å². The van der Waals surface area contributed by atoms with Crippen molar-refractivity contribution in [3.05, 3.63) is 69.8 Å². The van der Waals surface area contributed by atoms with E-state index in [2.05, 4.69) is 51.3 Å². The fourth-order valence-electron chi connectivity index (χ4n) is 4.60. The molecule has 36 heavy (non-hydrogen) atoms. The Balaban J connectivity index is 1.22. The largest absolute Gasteiger partial charge is 0.324 e. The lowest BCUT2D eigenvalue weighted by Crippen LogP contribution is -2.41. The Hall–Kier alpha value is -2.36. The van der Waals surface area contributed by atoms with Crippen LogP contribution in [0.5, 0.6) is 0 Å². The summed E-state index contributed by atoms with van der Waals surface area (Å²) in [5.74, 6) is 0.604. The van der Waals surface area contributed by atoms with Crippen LogP contribution >= 0.6 is 35.0 Å². The number of likely N-dealkylation sites (tertiary alicyclic amines) is 1. The first-order valence-corrected chi connectivity index (χ1v) is 13.6. The standard InChI is InChI=1S/C26H28Cl2N6OS/c1-32(2)19-10-12-33(13-11-19)15-17-6-8-18(9-7-17)30-26-29-14-20-24(31-26)36-16-34(25(20)35)23-21(27)4-3-5-22(23)28/h3-9,14,19H,10-13,15-16H2,1-2H3,(H,29,30,31). The number of nitrogens with zero attached hydrogens (tertiary/aromatic N) is 5. The third-order valence-corrected chi connectivity index (χ3v) is 8.25. The predicted octanol–water partition coefficient (Wildman–Crippen LogP) is 5.76. The second kappa shape index (κ2) is 10.9. The number of fused-ring (bicyclic) bond motifs is 1. The number of rotatable bonds is 6. The Morgan fingerprint density at radius 2 is 1.78 bits per heavy atom. The van der Waals surface area contributed by atoms with Gasteiger partial charge in [-0.15, -0.1) is 0 Å². The van der Waals surface area contributed by atoms with E-state index in [9.17, 15) is 4.79 Å². The first kappa shape index (κ1) is 25.3. The van der Waals surface area contributed by atoms with Crippen molar-refractivity contribution in [3.63, 3.8) is 0 Å². The van der Waals surface area contributed by atoms with Gasteiger partial charge in [0.15, 0.2) is 0 Å². The third kappa shape index (κ3) is 5.48. The van der Waals surface area contributed by atoms with Crippen molar-refractivity contribution in [2.24, 2.45) is 0 Å². The van der Waals surface area contributed by atoms with E-state index >= 15 is 0 Å². The number of nitrogens with one attached hydrogen (secondary N) is 1. The summed E-state index contributed by atoms with van der Waals surface area (Å²) >= 11 is 14.1. The van der Waals surface area contributed by atoms with Gasteiger partial charge in [0.25, 0.3) is 5.91 Å². The zero-order valence-electron chi connectivity index (χ0n) is 20.2. The molecule has 0 unspecified atom stereocenters. The van der Waals surface area contributed by atoms with E-state index in [-0.39, 0.29) is 5.91 Å². The van der Waals surface area contributed by atoms with Gasteiger partial charge in [-0.05, 0) is 69.9 Å². The number of hydrogen-bond donors (Lipinski definition) is 1. The number of aromatic nitrogens is 2. The van der Waals surface area contributed by atoms with Crippen LogP contribution in [0.4, 0.5) is 17.3 Å². The summed E-state index contributed by atoms with van der Waals surface area (Å²) in [7, 11) is 4.33. The zero-order valence-corrected chi connectivity index (χ0v) is 22.6. The van der Waals surface area contributed by atoms with Crippen molar-refractivity contribution >= 4 is 58.2 Å². The Morgan fingerprint density at radius 1 is 1.08 bits per heavy atom. The van der Waals surface area contributed by atoms with Crippen LogP contribution in [0.3, 0.4) is 0 Å². The Bertz CT molecular complexity index is 1230. The average Bonchev–Trinajstić information content (AvgIpc) is 2.87. The second-order valence-electron chi connectivity index (χ2n) is 9.28. The molecule has 2 aliphatic rings. The molecule has 3 aromatic rings. The van der Waals surface area contributed by atoms with Gasteiger partial charge in [-0.3, -0.25) is 14.6 Å². The molecule has 1 saturated heterocycles. The molecule has 1 aromatic heterocycles. The van der Waals surface area contributed by atoms with Crippen LogP contribution in [-0.2, 0) is 6.54 Å². The van der Waals surface area contributed by atoms with Crippen molar-refractivity contribution in [2.75, 3.05) is 43.3 Å². The van der Waals surface area contributed by atoms with Gasteiger partial charge in [0, 0.05) is 24.5 Å². The molecule has 0 spiro atoms. The number of amides is 1. The van der Waals surface area contributed by atoms with E-state index in [4.69, 9.17) is 23.2 Å². The molecule has 1 fully saturated rings. The first-order valence-electron chi connectivity index (χ1n) is 11.9. The molecule has 7 nitrogen and oxygen atoms in total. The SMILES string of the molecule is CN(C)C1CCN(Cc2ccc(Nc3ncc4c(n3)SCN(c3c(Cl)cccc3Cl)C4=O)cc2)CC1. The van der Waals surface area contributed by atoms with Crippen LogP contribution in [-0.4, -0.2) is 64.8 Å². The lowest BCUT2D eigenvalue weighted by Gasteiger charge is -2.35. The molecule has 0 atom stereocenters. The molecule has 0 saturated carbocycles. The quantitative estimate of drug-likeness (QED) is 0.397. The minimum absolute atomic E-state index is 0.218. The monoisotopic (exact) mass is 542 g/mol. The lowest BCUT2D eigenvalue weighted by atomic mass is 10.0. The summed E-state index contributed by atoms with van der Waals surface area (Å²) in [4.78, 5) is 28.5. The molecule has 2 aromatic carbocycles. The maximum absolute atomic E-state index is 13.1. The highest BCUT2D eigenvalue weighted by molar-refractivity contribution is 7.99. The maximum Gasteiger partial charge on any atom is 0.263 e. The smallest absolute Gasteiger partial charge is 0.263 e. The van der Waals surface area contributed by atoms with Crippen molar-refractivity contribution in [3.8, 4) is 0 Å². The highest BCUT2D eigenvalue weighted by Gasteiger charge is 2.30. The summed E-state index contributed by atoms with van der Waals surface area (Å²) in [5.41, 5.74) is 3.13. The van der Waals surface area contributed by atoms with Crippen LogP contribution in [0.25, 0.3) is 0 Å². The number of halogens is 2. The topological polar surface area (TPSA) is 64.6 Å². The van der Waals surface area contributed by atoms with Gasteiger partial charge in [-0.1, -0.05) is 53.2 Å². The first-order chi connectivity index (χ1) is 17.4. The van der Waals surface area contributed by atoms with Crippen molar-refractivity contribution in [2.45, 2.75) is 30.5 Å². The number of carbonyl (C=O) groups excluding carboxylic acids is 1. The molecule has 1 N–H and O–H groups in total. The maximum atomic E-state index is 13.1. The van der Waals surface area contributed by atoms with Crippen LogP contribution in [0.2, 0.25) is 10.0 Å². The van der Waals surface area contributed by atoms with Gasteiger partial charge in [-0.25, -0.2) is 9.97 Å². The number of carbonyl (C=O) groups is 1. The van der Waals surface area contributed by atoms with Gasteiger partial charge in [0.05, 0.1) is 27.2 Å². The predicted molar refractivity (Wildman–Crippen MR) is 148 cm³/mol. The number of thioether (sulfide) groups is 1. The van der Waals surface area contributed by atoms with Crippen LogP contribution in [0.15, 0.2) is 53.7 Å². The number of benzene rings is 2. The molecule has 0 aliphatic carbocycles. The molecular formula is C26H28Cl2N6OS. The van der Waals surface area contributed by atoms with Gasteiger partial charge < -0.3 is 10.2 Å². The van der Waals surface area contributed by atoms with E-state index in [1.807, 2.05) is 12.1 Å². The number of anilines is 3. The summed E-state index contributed by atoms with van der Waals surface area (Å²) in [5, 5.41) is 4.75. The summed E-state index contributed by atoms with van der Waals surface area (Å²) in [6.45, 7) is 3.21. The van der Waals surface area contributed by atoms with E-state index in [1.54, 1.807) is 29.3 Å².